The molecule has 1 aliphatic rings. The lowest BCUT2D eigenvalue weighted by Gasteiger charge is -2.15. The van der Waals surface area contributed by atoms with Crippen LogP contribution in [-0.2, 0) is 26.2 Å². The van der Waals surface area contributed by atoms with Crippen LogP contribution in [0, 0.1) is 0 Å². The summed E-state index contributed by atoms with van der Waals surface area (Å²) in [6, 6.07) is 15.3. The van der Waals surface area contributed by atoms with Crippen molar-refractivity contribution in [2.45, 2.75) is 24.3 Å². The lowest BCUT2D eigenvalue weighted by molar-refractivity contribution is -0.121. The lowest BCUT2D eigenvalue weighted by Crippen LogP contribution is -2.28. The van der Waals surface area contributed by atoms with Crippen LogP contribution < -0.4 is 14.9 Å². The van der Waals surface area contributed by atoms with E-state index in [2.05, 4.69) is 15.0 Å². The maximum Gasteiger partial charge on any atom is 0.261 e. The van der Waals surface area contributed by atoms with Crippen molar-refractivity contribution in [3.63, 3.8) is 0 Å². The van der Waals surface area contributed by atoms with Crippen LogP contribution in [0.2, 0.25) is 0 Å². The Balaban J connectivity index is 1.51. The maximum atomic E-state index is 12.9. The van der Waals surface area contributed by atoms with Gasteiger partial charge in [-0.1, -0.05) is 18.2 Å². The average Bonchev–Trinajstić information content (AvgIpc) is 3.16. The molecule has 1 aromatic heterocycles. The minimum atomic E-state index is -4.03. The number of carbonyl (C=O) groups excluding carboxylic acids is 3. The van der Waals surface area contributed by atoms with Crippen LogP contribution in [0.1, 0.15) is 28.8 Å². The zero-order valence-corrected chi connectivity index (χ0v) is 18.2. The highest BCUT2D eigenvalue weighted by atomic mass is 32.2. The molecule has 0 spiro atoms. The molecule has 0 aliphatic carbocycles. The summed E-state index contributed by atoms with van der Waals surface area (Å²) in [6.45, 7) is 0.239. The molecule has 168 valence electrons. The zero-order chi connectivity index (χ0) is 23.4. The van der Waals surface area contributed by atoms with E-state index < -0.39 is 15.9 Å². The Morgan fingerprint density at radius 2 is 1.64 bits per heavy atom. The Labute approximate surface area is 190 Å². The predicted octanol–water partition coefficient (Wildman–Crippen LogP) is 2.47. The number of carbonyl (C=O) groups is 3. The van der Waals surface area contributed by atoms with E-state index in [1.54, 1.807) is 30.6 Å². The van der Waals surface area contributed by atoms with Gasteiger partial charge in [-0.3, -0.25) is 29.0 Å². The lowest BCUT2D eigenvalue weighted by atomic mass is 10.1. The van der Waals surface area contributed by atoms with Crippen LogP contribution in [0.15, 0.2) is 78.0 Å². The highest BCUT2D eigenvalue weighted by Crippen LogP contribution is 2.25. The third-order valence-electron chi connectivity index (χ3n) is 5.05. The standard InChI is InChI=1S/C23H20N4O5S/c28-21-11-12-22(29)27(21)17-7-9-18(10-8-17)33(31,32)26-20-6-2-1-5-19(20)23(30)25-15-16-4-3-13-24-14-16/h1-10,13-14,26H,11-12,15H2,(H,25,30). The first-order valence-corrected chi connectivity index (χ1v) is 11.6. The molecule has 2 heterocycles. The fourth-order valence-electron chi connectivity index (χ4n) is 3.39. The smallest absolute Gasteiger partial charge is 0.261 e. The number of nitrogens with zero attached hydrogens (tertiary/aromatic N) is 2. The van der Waals surface area contributed by atoms with E-state index in [9.17, 15) is 22.8 Å². The summed E-state index contributed by atoms with van der Waals surface area (Å²) in [7, 11) is -4.03. The molecule has 0 bridgehead atoms. The first-order valence-electron chi connectivity index (χ1n) is 10.1. The fraction of sp³-hybridized carbons (Fsp3) is 0.130. The van der Waals surface area contributed by atoms with Gasteiger partial charge in [-0.25, -0.2) is 8.42 Å². The summed E-state index contributed by atoms with van der Waals surface area (Å²) in [5, 5.41) is 2.75. The quantitative estimate of drug-likeness (QED) is 0.518. The number of sulfonamides is 1. The molecule has 1 saturated heterocycles. The number of amides is 3. The number of imide groups is 1. The van der Waals surface area contributed by atoms with Crippen molar-refractivity contribution < 1.29 is 22.8 Å². The zero-order valence-electron chi connectivity index (χ0n) is 17.4. The van der Waals surface area contributed by atoms with Gasteiger partial charge in [0, 0.05) is 31.8 Å². The van der Waals surface area contributed by atoms with Gasteiger partial charge in [0.2, 0.25) is 11.8 Å². The van der Waals surface area contributed by atoms with Crippen molar-refractivity contribution in [3.8, 4) is 0 Å². The summed E-state index contributed by atoms with van der Waals surface area (Å²) in [5.74, 6) is -1.08. The molecule has 0 atom stereocenters. The number of hydrogen-bond acceptors (Lipinski definition) is 6. The van der Waals surface area contributed by atoms with Gasteiger partial charge in [0.1, 0.15) is 0 Å². The van der Waals surface area contributed by atoms with Crippen LogP contribution in [0.3, 0.4) is 0 Å². The number of anilines is 2. The molecule has 33 heavy (non-hydrogen) atoms. The third-order valence-corrected chi connectivity index (χ3v) is 6.43. The second-order valence-electron chi connectivity index (χ2n) is 7.31. The Morgan fingerprint density at radius 1 is 0.939 bits per heavy atom. The number of aromatic nitrogens is 1. The van der Waals surface area contributed by atoms with E-state index in [0.29, 0.717) is 5.69 Å². The molecule has 2 aromatic carbocycles. The average molecular weight is 465 g/mol. The van der Waals surface area contributed by atoms with Crippen molar-refractivity contribution in [3.05, 3.63) is 84.2 Å². The summed E-state index contributed by atoms with van der Waals surface area (Å²) >= 11 is 0. The van der Waals surface area contributed by atoms with E-state index in [1.807, 2.05) is 6.07 Å². The van der Waals surface area contributed by atoms with Gasteiger partial charge in [0.05, 0.1) is 21.8 Å². The van der Waals surface area contributed by atoms with Crippen LogP contribution in [-0.4, -0.2) is 31.1 Å². The molecule has 9 nitrogen and oxygen atoms in total. The molecule has 4 rings (SSSR count). The molecular weight excluding hydrogens is 444 g/mol. The third kappa shape index (κ3) is 4.90. The topological polar surface area (TPSA) is 126 Å². The largest absolute Gasteiger partial charge is 0.348 e. The Bertz CT molecular complexity index is 1290. The minimum absolute atomic E-state index is 0.0732. The summed E-state index contributed by atoms with van der Waals surface area (Å²) in [4.78, 5) is 41.4. The first-order chi connectivity index (χ1) is 15.8. The van der Waals surface area contributed by atoms with Crippen LogP contribution in [0.4, 0.5) is 11.4 Å². The monoisotopic (exact) mass is 464 g/mol. The van der Waals surface area contributed by atoms with E-state index >= 15 is 0 Å². The fourth-order valence-corrected chi connectivity index (χ4v) is 4.47. The van der Waals surface area contributed by atoms with Crippen molar-refractivity contribution >= 4 is 39.1 Å². The summed E-state index contributed by atoms with van der Waals surface area (Å²) < 4.78 is 28.3. The van der Waals surface area contributed by atoms with Crippen molar-refractivity contribution in [1.29, 1.82) is 0 Å². The molecule has 2 N–H and O–H groups in total. The van der Waals surface area contributed by atoms with E-state index in [0.717, 1.165) is 10.5 Å². The summed E-state index contributed by atoms with van der Waals surface area (Å²) in [6.07, 6.45) is 3.53. The number of hydrogen-bond donors (Lipinski definition) is 2. The number of para-hydroxylation sites is 1. The second kappa shape index (κ2) is 9.21. The van der Waals surface area contributed by atoms with Gasteiger partial charge >= 0.3 is 0 Å². The van der Waals surface area contributed by atoms with Crippen LogP contribution in [0.5, 0.6) is 0 Å². The Kier molecular flexibility index (Phi) is 6.18. The van der Waals surface area contributed by atoms with Gasteiger partial charge in [-0.05, 0) is 48.0 Å². The van der Waals surface area contributed by atoms with Gasteiger partial charge in [-0.2, -0.15) is 0 Å². The van der Waals surface area contributed by atoms with Crippen molar-refractivity contribution in [2.24, 2.45) is 0 Å². The SMILES string of the molecule is O=C(NCc1cccnc1)c1ccccc1NS(=O)(=O)c1ccc(N2C(=O)CCC2=O)cc1. The molecule has 10 heteroatoms. The highest BCUT2D eigenvalue weighted by molar-refractivity contribution is 7.92. The minimum Gasteiger partial charge on any atom is -0.348 e. The van der Waals surface area contributed by atoms with E-state index in [1.165, 1.54) is 36.4 Å². The molecule has 1 aliphatic heterocycles. The normalized spacial score (nSPS) is 13.8. The number of rotatable bonds is 7. The predicted molar refractivity (Wildman–Crippen MR) is 121 cm³/mol. The van der Waals surface area contributed by atoms with Crippen molar-refractivity contribution in [2.75, 3.05) is 9.62 Å². The molecule has 0 unspecified atom stereocenters. The Hall–Kier alpha value is -4.05. The molecule has 0 radical (unpaired) electrons. The van der Waals surface area contributed by atoms with Gasteiger partial charge in [0.15, 0.2) is 0 Å². The van der Waals surface area contributed by atoms with E-state index in [-0.39, 0.29) is 47.3 Å². The molecule has 0 saturated carbocycles. The molecular formula is C23H20N4O5S. The Morgan fingerprint density at radius 3 is 2.30 bits per heavy atom. The van der Waals surface area contributed by atoms with Crippen LogP contribution >= 0.6 is 0 Å². The number of benzene rings is 2. The molecule has 1 fully saturated rings. The first kappa shape index (κ1) is 22.2. The highest BCUT2D eigenvalue weighted by Gasteiger charge is 2.30. The van der Waals surface area contributed by atoms with E-state index in [4.69, 9.17) is 0 Å². The number of pyridine rings is 1. The van der Waals surface area contributed by atoms with Crippen LogP contribution in [0.25, 0.3) is 0 Å². The van der Waals surface area contributed by atoms with Gasteiger partial charge < -0.3 is 5.32 Å². The maximum absolute atomic E-state index is 12.9. The van der Waals surface area contributed by atoms with Gasteiger partial charge in [-0.15, -0.1) is 0 Å². The van der Waals surface area contributed by atoms with Gasteiger partial charge in [0.25, 0.3) is 15.9 Å². The molecule has 3 aromatic rings. The number of nitrogens with one attached hydrogen (secondary N) is 2. The van der Waals surface area contributed by atoms with Crippen molar-refractivity contribution in [1.82, 2.24) is 10.3 Å². The molecule has 3 amide bonds. The summed E-state index contributed by atoms with van der Waals surface area (Å²) in [5.41, 5.74) is 1.40. The second-order valence-corrected chi connectivity index (χ2v) is 8.99.